The minimum atomic E-state index is 0.0807. The molecule has 1 fully saturated rings. The van der Waals surface area contributed by atoms with E-state index in [1.54, 1.807) is 0 Å². The molecule has 2 heterocycles. The zero-order valence-corrected chi connectivity index (χ0v) is 17.4. The second kappa shape index (κ2) is 9.02. The van der Waals surface area contributed by atoms with E-state index in [1.165, 1.54) is 0 Å². The molecule has 1 aliphatic rings. The maximum Gasteiger partial charge on any atom is 0.239 e. The Bertz CT molecular complexity index is 750. The fraction of sp³-hybridized carbons (Fsp3) is 0.550. The lowest BCUT2D eigenvalue weighted by Gasteiger charge is -2.33. The van der Waals surface area contributed by atoms with Crippen LogP contribution in [0.25, 0.3) is 10.9 Å². The summed E-state index contributed by atoms with van der Waals surface area (Å²) in [5, 5.41) is 4.24. The number of hydrogen-bond acceptors (Lipinski definition) is 3. The summed E-state index contributed by atoms with van der Waals surface area (Å²) in [4.78, 5) is 17.4. The fourth-order valence-electron chi connectivity index (χ4n) is 3.65. The average molecular weight is 421 g/mol. The van der Waals surface area contributed by atoms with Gasteiger partial charge in [-0.15, -0.1) is 0 Å². The lowest BCUT2D eigenvalue weighted by molar-refractivity contribution is -0.121. The largest absolute Gasteiger partial charge is 0.355 e. The molecule has 1 aromatic carbocycles. The molecule has 6 heteroatoms. The molecule has 1 saturated heterocycles. The average Bonchev–Trinajstić information content (AvgIpc) is 2.91. The van der Waals surface area contributed by atoms with Crippen LogP contribution in [0.1, 0.15) is 19.0 Å². The number of rotatable bonds is 7. The SMILES string of the molecule is CCN1CCN(CCCNC(=O)Cn2c(C)c(Br)c3ccccc32)CC1. The highest BCUT2D eigenvalue weighted by atomic mass is 79.9. The van der Waals surface area contributed by atoms with Crippen molar-refractivity contribution >= 4 is 32.7 Å². The number of nitrogens with zero attached hydrogens (tertiary/aromatic N) is 3. The van der Waals surface area contributed by atoms with Crippen LogP contribution in [0.3, 0.4) is 0 Å². The van der Waals surface area contributed by atoms with Crippen molar-refractivity contribution in [1.82, 2.24) is 19.7 Å². The van der Waals surface area contributed by atoms with Crippen molar-refractivity contribution in [3.05, 3.63) is 34.4 Å². The van der Waals surface area contributed by atoms with Crippen LogP contribution in [0.15, 0.2) is 28.7 Å². The lowest BCUT2D eigenvalue weighted by Crippen LogP contribution is -2.46. The van der Waals surface area contributed by atoms with E-state index < -0.39 is 0 Å². The number of aromatic nitrogens is 1. The molecule has 3 rings (SSSR count). The van der Waals surface area contributed by atoms with E-state index in [9.17, 15) is 4.79 Å². The highest BCUT2D eigenvalue weighted by Crippen LogP contribution is 2.30. The molecule has 0 spiro atoms. The summed E-state index contributed by atoms with van der Waals surface area (Å²) in [6.07, 6.45) is 1.01. The molecular formula is C20H29BrN4O. The Morgan fingerprint density at radius 3 is 2.58 bits per heavy atom. The number of likely N-dealkylation sites (N-methyl/N-ethyl adjacent to an activating group) is 1. The lowest BCUT2D eigenvalue weighted by atomic mass is 10.2. The number of carbonyl (C=O) groups is 1. The van der Waals surface area contributed by atoms with Crippen molar-refractivity contribution in [2.75, 3.05) is 45.8 Å². The molecule has 1 N–H and O–H groups in total. The van der Waals surface area contributed by atoms with Crippen LogP contribution in [0.2, 0.25) is 0 Å². The van der Waals surface area contributed by atoms with Gasteiger partial charge in [-0.25, -0.2) is 0 Å². The second-order valence-electron chi connectivity index (χ2n) is 6.98. The maximum atomic E-state index is 12.4. The van der Waals surface area contributed by atoms with Gasteiger partial charge in [-0.3, -0.25) is 4.79 Å². The van der Waals surface area contributed by atoms with Crippen LogP contribution in [-0.2, 0) is 11.3 Å². The molecule has 0 unspecified atom stereocenters. The summed E-state index contributed by atoms with van der Waals surface area (Å²) in [6, 6.07) is 8.19. The van der Waals surface area contributed by atoms with Crippen molar-refractivity contribution in [3.63, 3.8) is 0 Å². The number of hydrogen-bond donors (Lipinski definition) is 1. The first-order valence-electron chi connectivity index (χ1n) is 9.55. The zero-order valence-electron chi connectivity index (χ0n) is 15.8. The van der Waals surface area contributed by atoms with Gasteiger partial charge in [0.25, 0.3) is 0 Å². The molecule has 0 atom stereocenters. The van der Waals surface area contributed by atoms with Crippen molar-refractivity contribution in [2.24, 2.45) is 0 Å². The Labute approximate surface area is 164 Å². The molecule has 26 heavy (non-hydrogen) atoms. The molecule has 0 bridgehead atoms. The highest BCUT2D eigenvalue weighted by Gasteiger charge is 2.16. The van der Waals surface area contributed by atoms with E-state index in [-0.39, 0.29) is 5.91 Å². The summed E-state index contributed by atoms with van der Waals surface area (Å²) in [5.41, 5.74) is 2.19. The smallest absolute Gasteiger partial charge is 0.239 e. The van der Waals surface area contributed by atoms with Gasteiger partial charge >= 0.3 is 0 Å². The summed E-state index contributed by atoms with van der Waals surface area (Å²) in [7, 11) is 0. The molecule has 1 amide bonds. The molecule has 1 aromatic heterocycles. The van der Waals surface area contributed by atoms with E-state index in [1.807, 2.05) is 19.1 Å². The molecule has 0 saturated carbocycles. The monoisotopic (exact) mass is 420 g/mol. The van der Waals surface area contributed by atoms with E-state index in [0.29, 0.717) is 6.54 Å². The van der Waals surface area contributed by atoms with Gasteiger partial charge in [0.05, 0.1) is 0 Å². The third kappa shape index (κ3) is 4.48. The maximum absolute atomic E-state index is 12.4. The molecule has 0 aliphatic carbocycles. The van der Waals surface area contributed by atoms with Gasteiger partial charge in [0.15, 0.2) is 0 Å². The molecule has 5 nitrogen and oxygen atoms in total. The Morgan fingerprint density at radius 1 is 1.15 bits per heavy atom. The number of fused-ring (bicyclic) bond motifs is 1. The van der Waals surface area contributed by atoms with E-state index >= 15 is 0 Å². The van der Waals surface area contributed by atoms with Gasteiger partial charge in [-0.1, -0.05) is 25.1 Å². The molecular weight excluding hydrogens is 392 g/mol. The number of para-hydroxylation sites is 1. The van der Waals surface area contributed by atoms with Crippen LogP contribution in [-0.4, -0.2) is 66.1 Å². The Hall–Kier alpha value is -1.37. The zero-order chi connectivity index (χ0) is 18.5. The molecule has 1 aliphatic heterocycles. The summed E-state index contributed by atoms with van der Waals surface area (Å²) >= 11 is 3.65. The topological polar surface area (TPSA) is 40.5 Å². The van der Waals surface area contributed by atoms with Crippen LogP contribution in [0.5, 0.6) is 0 Å². The predicted octanol–water partition coefficient (Wildman–Crippen LogP) is 2.86. The standard InChI is InChI=1S/C20H29BrN4O/c1-3-23-11-13-24(14-12-23)10-6-9-22-19(26)15-25-16(2)20(21)17-7-4-5-8-18(17)25/h4-5,7-8H,3,6,9-15H2,1-2H3,(H,22,26). The van der Waals surface area contributed by atoms with Crippen LogP contribution < -0.4 is 5.32 Å². The summed E-state index contributed by atoms with van der Waals surface area (Å²) in [6.45, 7) is 12.2. The molecule has 0 radical (unpaired) electrons. The van der Waals surface area contributed by atoms with Crippen molar-refractivity contribution in [2.45, 2.75) is 26.8 Å². The molecule has 2 aromatic rings. The summed E-state index contributed by atoms with van der Waals surface area (Å²) in [5.74, 6) is 0.0807. The van der Waals surface area contributed by atoms with Crippen molar-refractivity contribution in [1.29, 1.82) is 0 Å². The Morgan fingerprint density at radius 2 is 1.85 bits per heavy atom. The second-order valence-corrected chi connectivity index (χ2v) is 7.78. The number of amides is 1. The number of halogens is 1. The number of carbonyl (C=O) groups excluding carboxylic acids is 1. The van der Waals surface area contributed by atoms with Crippen molar-refractivity contribution in [3.8, 4) is 0 Å². The first kappa shape index (κ1) is 19.4. The third-order valence-electron chi connectivity index (χ3n) is 5.34. The minimum absolute atomic E-state index is 0.0807. The van der Waals surface area contributed by atoms with Gasteiger partial charge in [0.2, 0.25) is 5.91 Å². The first-order valence-corrected chi connectivity index (χ1v) is 10.3. The van der Waals surface area contributed by atoms with Gasteiger partial charge in [-0.2, -0.15) is 0 Å². The van der Waals surface area contributed by atoms with Gasteiger partial charge in [-0.05, 0) is 48.4 Å². The number of piperazine rings is 1. The van der Waals surface area contributed by atoms with Gasteiger partial charge in [0, 0.05) is 53.8 Å². The van der Waals surface area contributed by atoms with Crippen molar-refractivity contribution < 1.29 is 4.79 Å². The Balaban J connectivity index is 1.45. The summed E-state index contributed by atoms with van der Waals surface area (Å²) < 4.78 is 3.16. The van der Waals surface area contributed by atoms with Crippen LogP contribution in [0, 0.1) is 6.92 Å². The number of benzene rings is 1. The molecule has 142 valence electrons. The predicted molar refractivity (Wildman–Crippen MR) is 111 cm³/mol. The van der Waals surface area contributed by atoms with Gasteiger partial charge in [0.1, 0.15) is 6.54 Å². The van der Waals surface area contributed by atoms with Crippen LogP contribution >= 0.6 is 15.9 Å². The van der Waals surface area contributed by atoms with E-state index in [4.69, 9.17) is 0 Å². The van der Waals surface area contributed by atoms with Gasteiger partial charge < -0.3 is 19.7 Å². The fourth-order valence-corrected chi connectivity index (χ4v) is 4.20. The minimum Gasteiger partial charge on any atom is -0.355 e. The van der Waals surface area contributed by atoms with E-state index in [0.717, 1.165) is 73.3 Å². The quantitative estimate of drug-likeness (QED) is 0.700. The third-order valence-corrected chi connectivity index (χ3v) is 6.34. The highest BCUT2D eigenvalue weighted by molar-refractivity contribution is 9.10. The van der Waals surface area contributed by atoms with Crippen LogP contribution in [0.4, 0.5) is 0 Å². The normalized spacial score (nSPS) is 16.3. The first-order chi connectivity index (χ1) is 12.6. The number of nitrogens with one attached hydrogen (secondary N) is 1. The Kier molecular flexibility index (Phi) is 6.73. The van der Waals surface area contributed by atoms with E-state index in [2.05, 4.69) is 54.7 Å².